The normalized spacial score (nSPS) is 14.8. The van der Waals surface area contributed by atoms with Crippen molar-refractivity contribution in [3.05, 3.63) is 29.8 Å². The van der Waals surface area contributed by atoms with Crippen molar-refractivity contribution in [2.75, 3.05) is 12.4 Å². The Balaban J connectivity index is 2.02. The summed E-state index contributed by atoms with van der Waals surface area (Å²) in [4.78, 5) is 25.0. The van der Waals surface area contributed by atoms with Crippen molar-refractivity contribution in [3.8, 4) is 0 Å². The first kappa shape index (κ1) is 12.6. The van der Waals surface area contributed by atoms with Gasteiger partial charge in [-0.05, 0) is 38.3 Å². The van der Waals surface area contributed by atoms with Gasteiger partial charge in [0, 0.05) is 24.3 Å². The number of anilines is 1. The number of carbonyl (C=O) groups is 2. The van der Waals surface area contributed by atoms with Gasteiger partial charge in [-0.3, -0.25) is 4.79 Å². The lowest BCUT2D eigenvalue weighted by atomic mass is 9.92. The van der Waals surface area contributed by atoms with Crippen molar-refractivity contribution in [2.45, 2.75) is 32.2 Å². The lowest BCUT2D eigenvalue weighted by Gasteiger charge is -2.34. The van der Waals surface area contributed by atoms with Gasteiger partial charge in [-0.15, -0.1) is 0 Å². The second-order valence-corrected chi connectivity index (χ2v) is 4.76. The minimum absolute atomic E-state index is 0.00144. The average molecular weight is 246 g/mol. The standard InChI is InChI=1S/C14H18N2O2/c1-10(17)11-5-3-6-12(9-11)15-14(18)16(2)13-7-4-8-13/h3,5-6,9,13H,4,7-8H2,1-2H3,(H,15,18). The highest BCUT2D eigenvalue weighted by atomic mass is 16.2. The van der Waals surface area contributed by atoms with Gasteiger partial charge in [-0.1, -0.05) is 12.1 Å². The maximum Gasteiger partial charge on any atom is 0.321 e. The number of urea groups is 1. The molecule has 1 N–H and O–H groups in total. The third kappa shape index (κ3) is 2.70. The monoisotopic (exact) mass is 246 g/mol. The highest BCUT2D eigenvalue weighted by Gasteiger charge is 2.25. The van der Waals surface area contributed by atoms with E-state index in [9.17, 15) is 9.59 Å². The summed E-state index contributed by atoms with van der Waals surface area (Å²) in [5.41, 5.74) is 1.28. The number of nitrogens with zero attached hydrogens (tertiary/aromatic N) is 1. The molecule has 1 saturated carbocycles. The van der Waals surface area contributed by atoms with Crippen molar-refractivity contribution < 1.29 is 9.59 Å². The summed E-state index contributed by atoms with van der Waals surface area (Å²) in [6.45, 7) is 1.52. The molecule has 0 atom stereocenters. The third-order valence-electron chi connectivity index (χ3n) is 3.46. The number of Topliss-reactive ketones (excluding diaryl/α,β-unsaturated/α-hetero) is 1. The number of ketones is 1. The van der Waals surface area contributed by atoms with Crippen molar-refractivity contribution >= 4 is 17.5 Å². The van der Waals surface area contributed by atoms with E-state index in [0.717, 1.165) is 12.8 Å². The van der Waals surface area contributed by atoms with E-state index in [2.05, 4.69) is 5.32 Å². The lowest BCUT2D eigenvalue weighted by Crippen LogP contribution is -2.43. The number of benzene rings is 1. The molecular formula is C14H18N2O2. The quantitative estimate of drug-likeness (QED) is 0.834. The van der Waals surface area contributed by atoms with Crippen molar-refractivity contribution in [1.82, 2.24) is 4.90 Å². The Kier molecular flexibility index (Phi) is 3.65. The highest BCUT2D eigenvalue weighted by Crippen LogP contribution is 2.24. The molecule has 1 aliphatic carbocycles. The van der Waals surface area contributed by atoms with Crippen LogP contribution in [0.25, 0.3) is 0 Å². The Morgan fingerprint density at radius 1 is 1.33 bits per heavy atom. The zero-order chi connectivity index (χ0) is 13.1. The van der Waals surface area contributed by atoms with Crippen molar-refractivity contribution in [3.63, 3.8) is 0 Å². The number of nitrogens with one attached hydrogen (secondary N) is 1. The summed E-state index contributed by atoms with van der Waals surface area (Å²) in [6.07, 6.45) is 3.36. The summed E-state index contributed by atoms with van der Waals surface area (Å²) in [7, 11) is 1.81. The van der Waals surface area contributed by atoms with Crippen LogP contribution in [-0.2, 0) is 0 Å². The summed E-state index contributed by atoms with van der Waals surface area (Å²) in [6, 6.07) is 7.26. The predicted molar refractivity (Wildman–Crippen MR) is 70.9 cm³/mol. The number of rotatable bonds is 3. The topological polar surface area (TPSA) is 49.4 Å². The van der Waals surface area contributed by atoms with Crippen LogP contribution in [0.3, 0.4) is 0 Å². The molecule has 0 unspecified atom stereocenters. The van der Waals surface area contributed by atoms with Crippen LogP contribution in [0.2, 0.25) is 0 Å². The molecule has 0 aromatic heterocycles. The number of hydrogen-bond acceptors (Lipinski definition) is 2. The number of amides is 2. The highest BCUT2D eigenvalue weighted by molar-refractivity contribution is 5.96. The molecule has 4 nitrogen and oxygen atoms in total. The molecule has 0 aliphatic heterocycles. The minimum Gasteiger partial charge on any atom is -0.325 e. The zero-order valence-corrected chi connectivity index (χ0v) is 10.8. The molecule has 2 rings (SSSR count). The Morgan fingerprint density at radius 3 is 2.61 bits per heavy atom. The summed E-state index contributed by atoms with van der Waals surface area (Å²) in [5.74, 6) is -0.00144. The lowest BCUT2D eigenvalue weighted by molar-refractivity contribution is 0.101. The molecule has 2 amide bonds. The van der Waals surface area contributed by atoms with Gasteiger partial charge < -0.3 is 10.2 Å². The van der Waals surface area contributed by atoms with Gasteiger partial charge in [0.2, 0.25) is 0 Å². The van der Waals surface area contributed by atoms with Crippen molar-refractivity contribution in [1.29, 1.82) is 0 Å². The fourth-order valence-corrected chi connectivity index (χ4v) is 1.97. The van der Waals surface area contributed by atoms with E-state index in [1.54, 1.807) is 29.2 Å². The van der Waals surface area contributed by atoms with Crippen molar-refractivity contribution in [2.24, 2.45) is 0 Å². The van der Waals surface area contributed by atoms with Crippen LogP contribution in [0.15, 0.2) is 24.3 Å². The number of hydrogen-bond donors (Lipinski definition) is 1. The summed E-state index contributed by atoms with van der Waals surface area (Å²) in [5, 5.41) is 2.82. The molecule has 0 radical (unpaired) electrons. The smallest absolute Gasteiger partial charge is 0.321 e. The van der Waals surface area contributed by atoms with E-state index < -0.39 is 0 Å². The first-order chi connectivity index (χ1) is 8.58. The van der Waals surface area contributed by atoms with Crippen LogP contribution in [0.4, 0.5) is 10.5 Å². The van der Waals surface area contributed by atoms with Crippen LogP contribution in [0.5, 0.6) is 0 Å². The fourth-order valence-electron chi connectivity index (χ4n) is 1.97. The first-order valence-corrected chi connectivity index (χ1v) is 6.23. The molecule has 1 aromatic carbocycles. The number of carbonyl (C=O) groups excluding carboxylic acids is 2. The maximum atomic E-state index is 12.0. The van der Waals surface area contributed by atoms with E-state index in [-0.39, 0.29) is 11.8 Å². The second kappa shape index (κ2) is 5.21. The molecule has 1 fully saturated rings. The van der Waals surface area contributed by atoms with Crippen LogP contribution in [0, 0.1) is 0 Å². The average Bonchev–Trinajstić information content (AvgIpc) is 2.26. The molecule has 18 heavy (non-hydrogen) atoms. The van der Waals surface area contributed by atoms with Gasteiger partial charge in [0.05, 0.1) is 0 Å². The summed E-state index contributed by atoms with van der Waals surface area (Å²) < 4.78 is 0. The molecule has 96 valence electrons. The molecule has 0 bridgehead atoms. The Morgan fingerprint density at radius 2 is 2.06 bits per heavy atom. The first-order valence-electron chi connectivity index (χ1n) is 6.23. The largest absolute Gasteiger partial charge is 0.325 e. The van der Waals surface area contributed by atoms with E-state index in [0.29, 0.717) is 17.3 Å². The van der Waals surface area contributed by atoms with Gasteiger partial charge in [0.25, 0.3) is 0 Å². The molecule has 1 aromatic rings. The van der Waals surface area contributed by atoms with E-state index in [1.807, 2.05) is 7.05 Å². The van der Waals surface area contributed by atoms with Crippen LogP contribution in [-0.4, -0.2) is 29.8 Å². The molecular weight excluding hydrogens is 228 g/mol. The van der Waals surface area contributed by atoms with E-state index in [1.165, 1.54) is 13.3 Å². The molecule has 0 spiro atoms. The Bertz CT molecular complexity index is 467. The molecule has 0 saturated heterocycles. The van der Waals surface area contributed by atoms with E-state index in [4.69, 9.17) is 0 Å². The Labute approximate surface area is 107 Å². The van der Waals surface area contributed by atoms with Gasteiger partial charge >= 0.3 is 6.03 Å². The van der Waals surface area contributed by atoms with Crippen LogP contribution in [0.1, 0.15) is 36.5 Å². The van der Waals surface area contributed by atoms with Crippen LogP contribution < -0.4 is 5.32 Å². The maximum absolute atomic E-state index is 12.0. The third-order valence-corrected chi connectivity index (χ3v) is 3.46. The molecule has 1 aliphatic rings. The summed E-state index contributed by atoms with van der Waals surface area (Å²) >= 11 is 0. The van der Waals surface area contributed by atoms with Gasteiger partial charge in [0.15, 0.2) is 5.78 Å². The van der Waals surface area contributed by atoms with Crippen LogP contribution >= 0.6 is 0 Å². The van der Waals surface area contributed by atoms with Gasteiger partial charge in [-0.2, -0.15) is 0 Å². The van der Waals surface area contributed by atoms with Gasteiger partial charge in [-0.25, -0.2) is 4.79 Å². The second-order valence-electron chi connectivity index (χ2n) is 4.76. The minimum atomic E-state index is -0.111. The SMILES string of the molecule is CC(=O)c1cccc(NC(=O)N(C)C2CCC2)c1. The fraction of sp³-hybridized carbons (Fsp3) is 0.429. The van der Waals surface area contributed by atoms with Gasteiger partial charge in [0.1, 0.15) is 0 Å². The molecule has 4 heteroatoms. The zero-order valence-electron chi connectivity index (χ0n) is 10.8. The predicted octanol–water partition coefficient (Wildman–Crippen LogP) is 2.91. The Hall–Kier alpha value is -1.84. The molecule has 0 heterocycles. The van der Waals surface area contributed by atoms with E-state index >= 15 is 0 Å².